The van der Waals surface area contributed by atoms with Crippen LogP contribution in [0.4, 0.5) is 11.5 Å². The molecule has 0 radical (unpaired) electrons. The second-order valence-corrected chi connectivity index (χ2v) is 7.58. The zero-order valence-corrected chi connectivity index (χ0v) is 16.9. The van der Waals surface area contributed by atoms with Gasteiger partial charge in [-0.3, -0.25) is 4.40 Å². The van der Waals surface area contributed by atoms with Gasteiger partial charge in [0.15, 0.2) is 0 Å². The first-order valence-corrected chi connectivity index (χ1v) is 9.64. The standard InChI is InChI=1S/C22H21BrN4/c1-26(2)19-11-8-17(9-12-19)21-22(24-14-16-6-4-3-5-7-16)27-15-18(23)10-13-20(27)25-21/h3-13,15,24H,14H2,1-2H3. The first-order valence-electron chi connectivity index (χ1n) is 8.85. The van der Waals surface area contributed by atoms with Gasteiger partial charge in [-0.05, 0) is 45.8 Å². The van der Waals surface area contributed by atoms with Gasteiger partial charge in [-0.1, -0.05) is 42.5 Å². The van der Waals surface area contributed by atoms with Crippen molar-refractivity contribution in [3.05, 3.63) is 83.0 Å². The van der Waals surface area contributed by atoms with Crippen LogP contribution >= 0.6 is 15.9 Å². The number of hydrogen-bond acceptors (Lipinski definition) is 3. The summed E-state index contributed by atoms with van der Waals surface area (Å²) in [6.45, 7) is 0.740. The number of fused-ring (bicyclic) bond motifs is 1. The maximum Gasteiger partial charge on any atom is 0.139 e. The number of nitrogens with zero attached hydrogens (tertiary/aromatic N) is 3. The van der Waals surface area contributed by atoms with Crippen molar-refractivity contribution in [2.75, 3.05) is 24.3 Å². The molecular weight excluding hydrogens is 400 g/mol. The monoisotopic (exact) mass is 420 g/mol. The van der Waals surface area contributed by atoms with E-state index in [2.05, 4.69) is 79.1 Å². The molecule has 2 aromatic carbocycles. The largest absolute Gasteiger partial charge is 0.378 e. The van der Waals surface area contributed by atoms with Crippen LogP contribution in [-0.4, -0.2) is 23.5 Å². The van der Waals surface area contributed by atoms with E-state index in [1.165, 1.54) is 11.3 Å². The van der Waals surface area contributed by atoms with E-state index in [1.807, 2.05) is 38.5 Å². The van der Waals surface area contributed by atoms with Crippen molar-refractivity contribution in [2.24, 2.45) is 0 Å². The first kappa shape index (κ1) is 17.6. The lowest BCUT2D eigenvalue weighted by Gasteiger charge is -2.13. The molecule has 136 valence electrons. The molecule has 5 heteroatoms. The van der Waals surface area contributed by atoms with Gasteiger partial charge < -0.3 is 10.2 Å². The molecule has 0 atom stereocenters. The number of anilines is 2. The Morgan fingerprint density at radius 1 is 0.963 bits per heavy atom. The zero-order chi connectivity index (χ0) is 18.8. The second kappa shape index (κ2) is 7.45. The lowest BCUT2D eigenvalue weighted by atomic mass is 10.1. The van der Waals surface area contributed by atoms with Crippen molar-refractivity contribution in [1.29, 1.82) is 0 Å². The maximum atomic E-state index is 4.88. The molecule has 0 unspecified atom stereocenters. The third kappa shape index (κ3) is 3.69. The number of pyridine rings is 1. The fraction of sp³-hybridized carbons (Fsp3) is 0.136. The summed E-state index contributed by atoms with van der Waals surface area (Å²) in [5.74, 6) is 0.993. The van der Waals surface area contributed by atoms with Crippen molar-refractivity contribution >= 4 is 33.1 Å². The van der Waals surface area contributed by atoms with Crippen LogP contribution in [0.3, 0.4) is 0 Å². The summed E-state index contributed by atoms with van der Waals surface area (Å²) < 4.78 is 3.12. The summed E-state index contributed by atoms with van der Waals surface area (Å²) in [7, 11) is 4.09. The molecule has 0 bridgehead atoms. The summed E-state index contributed by atoms with van der Waals surface area (Å²) in [5, 5.41) is 3.58. The average Bonchev–Trinajstić information content (AvgIpc) is 3.05. The van der Waals surface area contributed by atoms with Gasteiger partial charge in [0.05, 0.1) is 0 Å². The fourth-order valence-corrected chi connectivity index (χ4v) is 3.42. The second-order valence-electron chi connectivity index (χ2n) is 6.66. The SMILES string of the molecule is CN(C)c1ccc(-c2nc3ccc(Br)cn3c2NCc2ccccc2)cc1. The quantitative estimate of drug-likeness (QED) is 0.466. The molecule has 0 saturated heterocycles. The molecule has 0 amide bonds. The van der Waals surface area contributed by atoms with Crippen molar-refractivity contribution in [3.63, 3.8) is 0 Å². The summed E-state index contributed by atoms with van der Waals surface area (Å²) in [6.07, 6.45) is 2.05. The highest BCUT2D eigenvalue weighted by molar-refractivity contribution is 9.10. The van der Waals surface area contributed by atoms with Crippen molar-refractivity contribution in [2.45, 2.75) is 6.54 Å². The third-order valence-electron chi connectivity index (χ3n) is 4.54. The molecule has 1 N–H and O–H groups in total. The summed E-state index contributed by atoms with van der Waals surface area (Å²) in [6, 6.07) is 22.9. The highest BCUT2D eigenvalue weighted by Crippen LogP contribution is 2.31. The van der Waals surface area contributed by atoms with Crippen molar-refractivity contribution < 1.29 is 0 Å². The first-order chi connectivity index (χ1) is 13.1. The van der Waals surface area contributed by atoms with E-state index in [0.29, 0.717) is 0 Å². The Morgan fingerprint density at radius 3 is 2.41 bits per heavy atom. The number of nitrogens with one attached hydrogen (secondary N) is 1. The smallest absolute Gasteiger partial charge is 0.139 e. The minimum Gasteiger partial charge on any atom is -0.378 e. The third-order valence-corrected chi connectivity index (χ3v) is 5.01. The van der Waals surface area contributed by atoms with Crippen LogP contribution in [0, 0.1) is 0 Å². The molecule has 0 spiro atoms. The molecule has 2 heterocycles. The van der Waals surface area contributed by atoms with Crippen LogP contribution in [-0.2, 0) is 6.54 Å². The fourth-order valence-electron chi connectivity index (χ4n) is 3.09. The number of benzene rings is 2. The Balaban J connectivity index is 1.76. The Kier molecular flexibility index (Phi) is 4.86. The molecule has 0 aliphatic carbocycles. The Hall–Kier alpha value is -2.79. The minimum absolute atomic E-state index is 0.740. The van der Waals surface area contributed by atoms with E-state index in [1.54, 1.807) is 0 Å². The van der Waals surface area contributed by atoms with E-state index >= 15 is 0 Å². The van der Waals surface area contributed by atoms with Gasteiger partial charge in [0.1, 0.15) is 17.2 Å². The molecule has 4 nitrogen and oxygen atoms in total. The molecule has 27 heavy (non-hydrogen) atoms. The van der Waals surface area contributed by atoms with Crippen LogP contribution < -0.4 is 10.2 Å². The van der Waals surface area contributed by atoms with Gasteiger partial charge in [-0.2, -0.15) is 0 Å². The summed E-state index contributed by atoms with van der Waals surface area (Å²) in [4.78, 5) is 6.97. The Morgan fingerprint density at radius 2 is 1.70 bits per heavy atom. The van der Waals surface area contributed by atoms with Gasteiger partial charge in [0, 0.05) is 42.6 Å². The minimum atomic E-state index is 0.740. The number of rotatable bonds is 5. The van der Waals surface area contributed by atoms with E-state index in [0.717, 1.165) is 33.7 Å². The maximum absolute atomic E-state index is 4.88. The molecule has 4 aromatic rings. The Bertz CT molecular complexity index is 1050. The molecule has 0 aliphatic heterocycles. The lowest BCUT2D eigenvalue weighted by Crippen LogP contribution is -2.08. The molecular formula is C22H21BrN4. The number of imidazole rings is 1. The summed E-state index contributed by atoms with van der Waals surface area (Å²) in [5.41, 5.74) is 5.37. The molecule has 0 fully saturated rings. The zero-order valence-electron chi connectivity index (χ0n) is 15.4. The number of aromatic nitrogens is 2. The molecule has 4 rings (SSSR count). The Labute approximate surface area is 167 Å². The lowest BCUT2D eigenvalue weighted by molar-refractivity contribution is 1.08. The van der Waals surface area contributed by atoms with Gasteiger partial charge in [0.2, 0.25) is 0 Å². The molecule has 0 aliphatic rings. The van der Waals surface area contributed by atoms with E-state index < -0.39 is 0 Å². The number of halogens is 1. The van der Waals surface area contributed by atoms with Crippen LogP contribution in [0.2, 0.25) is 0 Å². The molecule has 2 aromatic heterocycles. The number of hydrogen-bond donors (Lipinski definition) is 1. The van der Waals surface area contributed by atoms with Gasteiger partial charge in [-0.25, -0.2) is 4.98 Å². The highest BCUT2D eigenvalue weighted by Gasteiger charge is 2.14. The normalized spacial score (nSPS) is 10.9. The van der Waals surface area contributed by atoms with Gasteiger partial charge in [0.25, 0.3) is 0 Å². The predicted octanol–water partition coefficient (Wildman–Crippen LogP) is 5.44. The predicted molar refractivity (Wildman–Crippen MR) is 116 cm³/mol. The van der Waals surface area contributed by atoms with E-state index in [4.69, 9.17) is 4.98 Å². The van der Waals surface area contributed by atoms with Gasteiger partial charge in [-0.15, -0.1) is 0 Å². The van der Waals surface area contributed by atoms with Crippen molar-refractivity contribution in [3.8, 4) is 11.3 Å². The average molecular weight is 421 g/mol. The summed E-state index contributed by atoms with van der Waals surface area (Å²) >= 11 is 3.57. The van der Waals surface area contributed by atoms with Crippen LogP contribution in [0.25, 0.3) is 16.9 Å². The van der Waals surface area contributed by atoms with Crippen LogP contribution in [0.5, 0.6) is 0 Å². The molecule has 0 saturated carbocycles. The van der Waals surface area contributed by atoms with E-state index in [9.17, 15) is 0 Å². The highest BCUT2D eigenvalue weighted by atomic mass is 79.9. The van der Waals surface area contributed by atoms with Crippen molar-refractivity contribution in [1.82, 2.24) is 9.38 Å². The topological polar surface area (TPSA) is 32.6 Å². The van der Waals surface area contributed by atoms with Crippen LogP contribution in [0.15, 0.2) is 77.4 Å². The van der Waals surface area contributed by atoms with Gasteiger partial charge >= 0.3 is 0 Å². The van der Waals surface area contributed by atoms with Crippen LogP contribution in [0.1, 0.15) is 5.56 Å². The van der Waals surface area contributed by atoms with E-state index in [-0.39, 0.29) is 0 Å².